The molecular weight excluding hydrogens is 410 g/mol. The number of ether oxygens (including phenoxy) is 2. The highest BCUT2D eigenvalue weighted by molar-refractivity contribution is 9.10. The van der Waals surface area contributed by atoms with Crippen LogP contribution < -0.4 is 14.8 Å². The molecule has 25 heavy (non-hydrogen) atoms. The summed E-state index contributed by atoms with van der Waals surface area (Å²) in [5, 5.41) is 12.5. The lowest BCUT2D eigenvalue weighted by atomic mass is 10.1. The Kier molecular flexibility index (Phi) is 6.73. The molecule has 0 radical (unpaired) electrons. The van der Waals surface area contributed by atoms with Crippen molar-refractivity contribution in [3.63, 3.8) is 0 Å². The van der Waals surface area contributed by atoms with E-state index in [9.17, 15) is 4.79 Å². The van der Waals surface area contributed by atoms with E-state index in [1.807, 2.05) is 12.1 Å². The standard InChI is InChI=1S/C18H17BrClNO4/c1-3-6-25-17-14(19)7-11(8-16(17)24-2)10-21-12-4-5-15(20)13(9-12)18(22)23/h3-5,7-9,21H,1,6,10H2,2H3,(H,22,23). The summed E-state index contributed by atoms with van der Waals surface area (Å²) < 4.78 is 11.7. The molecule has 0 fully saturated rings. The number of aromatic carboxylic acids is 1. The summed E-state index contributed by atoms with van der Waals surface area (Å²) in [6.07, 6.45) is 1.65. The van der Waals surface area contributed by atoms with Crippen LogP contribution in [0.25, 0.3) is 0 Å². The first-order valence-corrected chi connectivity index (χ1v) is 8.50. The van der Waals surface area contributed by atoms with E-state index in [1.54, 1.807) is 25.3 Å². The summed E-state index contributed by atoms with van der Waals surface area (Å²) in [4.78, 5) is 11.1. The third-order valence-corrected chi connectivity index (χ3v) is 4.25. The zero-order chi connectivity index (χ0) is 18.4. The number of carbonyl (C=O) groups is 1. The van der Waals surface area contributed by atoms with Gasteiger partial charge in [-0.15, -0.1) is 0 Å². The van der Waals surface area contributed by atoms with Crippen molar-refractivity contribution in [3.8, 4) is 11.5 Å². The van der Waals surface area contributed by atoms with Crippen LogP contribution in [0.3, 0.4) is 0 Å². The number of rotatable bonds is 8. The molecule has 0 atom stereocenters. The number of nitrogens with one attached hydrogen (secondary N) is 1. The third-order valence-electron chi connectivity index (χ3n) is 3.33. The number of halogens is 2. The van der Waals surface area contributed by atoms with Gasteiger partial charge in [0, 0.05) is 12.2 Å². The van der Waals surface area contributed by atoms with E-state index >= 15 is 0 Å². The first-order valence-electron chi connectivity index (χ1n) is 7.33. The van der Waals surface area contributed by atoms with Crippen LogP contribution in [0.4, 0.5) is 5.69 Å². The second kappa shape index (κ2) is 8.78. The first kappa shape index (κ1) is 19.1. The fraction of sp³-hybridized carbons (Fsp3) is 0.167. The van der Waals surface area contributed by atoms with Gasteiger partial charge in [0.15, 0.2) is 11.5 Å². The molecule has 0 aliphatic carbocycles. The maximum Gasteiger partial charge on any atom is 0.337 e. The average Bonchev–Trinajstić information content (AvgIpc) is 2.59. The van der Waals surface area contributed by atoms with E-state index < -0.39 is 5.97 Å². The Hall–Kier alpha value is -2.18. The number of hydrogen-bond acceptors (Lipinski definition) is 4. The molecule has 2 aromatic rings. The molecule has 0 heterocycles. The Labute approximate surface area is 159 Å². The van der Waals surface area contributed by atoms with E-state index in [2.05, 4.69) is 27.8 Å². The van der Waals surface area contributed by atoms with Gasteiger partial charge in [0.25, 0.3) is 0 Å². The maximum atomic E-state index is 11.1. The van der Waals surface area contributed by atoms with Crippen molar-refractivity contribution in [1.82, 2.24) is 0 Å². The van der Waals surface area contributed by atoms with Gasteiger partial charge < -0.3 is 19.9 Å². The lowest BCUT2D eigenvalue weighted by molar-refractivity contribution is 0.0697. The van der Waals surface area contributed by atoms with Crippen molar-refractivity contribution >= 4 is 39.2 Å². The van der Waals surface area contributed by atoms with E-state index in [0.29, 0.717) is 30.3 Å². The monoisotopic (exact) mass is 425 g/mol. The van der Waals surface area contributed by atoms with Crippen LogP contribution >= 0.6 is 27.5 Å². The minimum Gasteiger partial charge on any atom is -0.493 e. The molecule has 0 saturated heterocycles. The van der Waals surface area contributed by atoms with Crippen molar-refractivity contribution < 1.29 is 19.4 Å². The normalized spacial score (nSPS) is 10.2. The summed E-state index contributed by atoms with van der Waals surface area (Å²) in [5.74, 6) is 0.128. The van der Waals surface area contributed by atoms with E-state index in [0.717, 1.165) is 10.0 Å². The van der Waals surface area contributed by atoms with Gasteiger partial charge in [0.1, 0.15) is 6.61 Å². The largest absolute Gasteiger partial charge is 0.493 e. The van der Waals surface area contributed by atoms with Gasteiger partial charge in [0.05, 0.1) is 22.2 Å². The van der Waals surface area contributed by atoms with Crippen LogP contribution in [-0.4, -0.2) is 24.8 Å². The van der Waals surface area contributed by atoms with Crippen LogP contribution in [0, 0.1) is 0 Å². The van der Waals surface area contributed by atoms with Gasteiger partial charge in [-0.2, -0.15) is 0 Å². The summed E-state index contributed by atoms with van der Waals surface area (Å²) in [5.41, 5.74) is 1.64. The smallest absolute Gasteiger partial charge is 0.337 e. The molecular formula is C18H17BrClNO4. The molecule has 0 spiro atoms. The Morgan fingerprint density at radius 3 is 2.80 bits per heavy atom. The van der Waals surface area contributed by atoms with E-state index in [-0.39, 0.29) is 10.6 Å². The van der Waals surface area contributed by atoms with Gasteiger partial charge in [-0.05, 0) is 51.8 Å². The summed E-state index contributed by atoms with van der Waals surface area (Å²) >= 11 is 9.35. The topological polar surface area (TPSA) is 67.8 Å². The predicted molar refractivity (Wildman–Crippen MR) is 102 cm³/mol. The molecule has 0 aliphatic heterocycles. The molecule has 0 saturated carbocycles. The maximum absolute atomic E-state index is 11.1. The SMILES string of the molecule is C=CCOc1c(Br)cc(CNc2ccc(Cl)c(C(=O)O)c2)cc1OC. The van der Waals surface area contributed by atoms with Gasteiger partial charge in [-0.1, -0.05) is 24.3 Å². The van der Waals surface area contributed by atoms with Crippen molar-refractivity contribution in [2.45, 2.75) is 6.54 Å². The molecule has 0 aliphatic rings. The highest BCUT2D eigenvalue weighted by Crippen LogP contribution is 2.37. The number of methoxy groups -OCH3 is 1. The Bertz CT molecular complexity index is 795. The number of benzene rings is 2. The fourth-order valence-corrected chi connectivity index (χ4v) is 2.96. The Morgan fingerprint density at radius 1 is 1.40 bits per heavy atom. The second-order valence-electron chi connectivity index (χ2n) is 5.06. The molecule has 2 N–H and O–H groups in total. The molecule has 0 bridgehead atoms. The number of hydrogen-bond donors (Lipinski definition) is 2. The minimum absolute atomic E-state index is 0.0543. The zero-order valence-electron chi connectivity index (χ0n) is 13.5. The molecule has 2 aromatic carbocycles. The first-order chi connectivity index (χ1) is 12.0. The number of carboxylic acids is 1. The number of anilines is 1. The second-order valence-corrected chi connectivity index (χ2v) is 6.32. The summed E-state index contributed by atoms with van der Waals surface area (Å²) in [6.45, 7) is 4.46. The molecule has 0 aromatic heterocycles. The van der Waals surface area contributed by atoms with Crippen molar-refractivity contribution in [1.29, 1.82) is 0 Å². The van der Waals surface area contributed by atoms with Gasteiger partial charge in [0.2, 0.25) is 0 Å². The fourth-order valence-electron chi connectivity index (χ4n) is 2.16. The Balaban J connectivity index is 2.18. The molecule has 2 rings (SSSR count). The highest BCUT2D eigenvalue weighted by Gasteiger charge is 2.12. The van der Waals surface area contributed by atoms with Gasteiger partial charge in [-0.3, -0.25) is 0 Å². The van der Waals surface area contributed by atoms with Crippen molar-refractivity contribution in [3.05, 3.63) is 63.6 Å². The quantitative estimate of drug-likeness (QED) is 0.582. The summed E-state index contributed by atoms with van der Waals surface area (Å²) in [7, 11) is 1.57. The molecule has 7 heteroatoms. The lowest BCUT2D eigenvalue weighted by Crippen LogP contribution is -2.04. The Morgan fingerprint density at radius 2 is 2.16 bits per heavy atom. The molecule has 132 valence electrons. The highest BCUT2D eigenvalue weighted by atomic mass is 79.9. The van der Waals surface area contributed by atoms with Gasteiger partial charge in [-0.25, -0.2) is 4.79 Å². The summed E-state index contributed by atoms with van der Waals surface area (Å²) in [6, 6.07) is 8.53. The third kappa shape index (κ3) is 4.90. The van der Waals surface area contributed by atoms with Crippen LogP contribution in [0.2, 0.25) is 5.02 Å². The number of carboxylic acid groups (broad SMARTS) is 1. The molecule has 0 amide bonds. The van der Waals surface area contributed by atoms with Crippen LogP contribution in [0.15, 0.2) is 47.5 Å². The van der Waals surface area contributed by atoms with Crippen LogP contribution in [-0.2, 0) is 6.54 Å². The lowest BCUT2D eigenvalue weighted by Gasteiger charge is -2.14. The van der Waals surface area contributed by atoms with Crippen molar-refractivity contribution in [2.24, 2.45) is 0 Å². The minimum atomic E-state index is -1.07. The van der Waals surface area contributed by atoms with E-state index in [4.69, 9.17) is 26.2 Å². The molecule has 0 unspecified atom stereocenters. The van der Waals surface area contributed by atoms with Crippen LogP contribution in [0.5, 0.6) is 11.5 Å². The van der Waals surface area contributed by atoms with Crippen LogP contribution in [0.1, 0.15) is 15.9 Å². The van der Waals surface area contributed by atoms with Gasteiger partial charge >= 0.3 is 5.97 Å². The molecule has 5 nitrogen and oxygen atoms in total. The zero-order valence-corrected chi connectivity index (χ0v) is 15.9. The predicted octanol–water partition coefficient (Wildman–Crippen LogP) is 4.99. The average molecular weight is 427 g/mol. The van der Waals surface area contributed by atoms with E-state index in [1.165, 1.54) is 6.07 Å². The van der Waals surface area contributed by atoms with Crippen molar-refractivity contribution in [2.75, 3.05) is 19.0 Å².